The third kappa shape index (κ3) is 3.59. The average molecular weight is 275 g/mol. The summed E-state index contributed by atoms with van der Waals surface area (Å²) in [4.78, 5) is 15.0. The largest absolute Gasteiger partial charge is 0.393 e. The van der Waals surface area contributed by atoms with Gasteiger partial charge in [0.25, 0.3) is 0 Å². The fourth-order valence-electron chi connectivity index (χ4n) is 2.17. The summed E-state index contributed by atoms with van der Waals surface area (Å²) in [6, 6.07) is 7.36. The van der Waals surface area contributed by atoms with Crippen molar-refractivity contribution in [2.75, 3.05) is 6.54 Å². The summed E-state index contributed by atoms with van der Waals surface area (Å²) < 4.78 is 0. The molecule has 5 nitrogen and oxygen atoms in total. The maximum Gasteiger partial charge on any atom is 0.237 e. The van der Waals surface area contributed by atoms with Crippen molar-refractivity contribution in [1.29, 1.82) is 0 Å². The number of hydrogen-bond donors (Lipinski definition) is 4. The Morgan fingerprint density at radius 1 is 1.45 bits per heavy atom. The summed E-state index contributed by atoms with van der Waals surface area (Å²) in [5.74, 6) is -0.184. The number of para-hydroxylation sites is 1. The van der Waals surface area contributed by atoms with Gasteiger partial charge in [-0.2, -0.15) is 0 Å². The number of aliphatic hydroxyl groups is 1. The summed E-state index contributed by atoms with van der Waals surface area (Å²) in [6.45, 7) is 2.14. The lowest BCUT2D eigenvalue weighted by Crippen LogP contribution is -2.42. The van der Waals surface area contributed by atoms with Crippen LogP contribution < -0.4 is 11.1 Å². The number of aromatic amines is 1. The van der Waals surface area contributed by atoms with E-state index in [9.17, 15) is 4.79 Å². The van der Waals surface area contributed by atoms with Crippen LogP contribution in [0.1, 0.15) is 18.9 Å². The molecule has 5 heteroatoms. The van der Waals surface area contributed by atoms with Gasteiger partial charge in [0.15, 0.2) is 0 Å². The number of benzene rings is 1. The van der Waals surface area contributed by atoms with Crippen LogP contribution in [0.25, 0.3) is 10.9 Å². The predicted octanol–water partition coefficient (Wildman–Crippen LogP) is 0.925. The minimum absolute atomic E-state index is 0.184. The highest BCUT2D eigenvalue weighted by atomic mass is 16.3. The van der Waals surface area contributed by atoms with Gasteiger partial charge in [-0.15, -0.1) is 0 Å². The molecule has 5 N–H and O–H groups in total. The van der Waals surface area contributed by atoms with Crippen molar-refractivity contribution >= 4 is 16.8 Å². The van der Waals surface area contributed by atoms with Gasteiger partial charge >= 0.3 is 0 Å². The molecule has 1 aromatic heterocycles. The molecule has 1 aromatic carbocycles. The molecule has 0 fully saturated rings. The van der Waals surface area contributed by atoms with E-state index in [1.165, 1.54) is 0 Å². The first-order valence-electron chi connectivity index (χ1n) is 6.84. The fourth-order valence-corrected chi connectivity index (χ4v) is 2.17. The van der Waals surface area contributed by atoms with Crippen LogP contribution in [0.3, 0.4) is 0 Å². The SMILES string of the molecule is CC(O)CCNC(=O)[C@@H](N)Cc1c[nH]c2ccccc12. The Labute approximate surface area is 118 Å². The van der Waals surface area contributed by atoms with Gasteiger partial charge < -0.3 is 21.1 Å². The number of carbonyl (C=O) groups excluding carboxylic acids is 1. The monoisotopic (exact) mass is 275 g/mol. The summed E-state index contributed by atoms with van der Waals surface area (Å²) in [7, 11) is 0. The van der Waals surface area contributed by atoms with Gasteiger partial charge in [-0.3, -0.25) is 4.79 Å². The van der Waals surface area contributed by atoms with E-state index in [0.717, 1.165) is 16.5 Å². The lowest BCUT2D eigenvalue weighted by molar-refractivity contribution is -0.122. The van der Waals surface area contributed by atoms with E-state index in [0.29, 0.717) is 19.4 Å². The van der Waals surface area contributed by atoms with Crippen LogP contribution >= 0.6 is 0 Å². The third-order valence-electron chi connectivity index (χ3n) is 3.31. The number of nitrogens with two attached hydrogens (primary N) is 1. The maximum absolute atomic E-state index is 11.9. The van der Waals surface area contributed by atoms with Crippen LogP contribution in [-0.4, -0.2) is 34.7 Å². The topological polar surface area (TPSA) is 91.1 Å². The molecule has 0 aliphatic carbocycles. The first-order valence-corrected chi connectivity index (χ1v) is 6.84. The molecule has 1 heterocycles. The second kappa shape index (κ2) is 6.54. The van der Waals surface area contributed by atoms with Crippen molar-refractivity contribution in [3.05, 3.63) is 36.0 Å². The van der Waals surface area contributed by atoms with E-state index in [1.54, 1.807) is 6.92 Å². The molecule has 0 aliphatic heterocycles. The highest BCUT2D eigenvalue weighted by Gasteiger charge is 2.15. The Kier molecular flexibility index (Phi) is 4.76. The zero-order valence-corrected chi connectivity index (χ0v) is 11.6. The highest BCUT2D eigenvalue weighted by Crippen LogP contribution is 2.18. The van der Waals surface area contributed by atoms with Gasteiger partial charge in [-0.1, -0.05) is 18.2 Å². The zero-order chi connectivity index (χ0) is 14.5. The van der Waals surface area contributed by atoms with Crippen LogP contribution in [0.5, 0.6) is 0 Å². The van der Waals surface area contributed by atoms with Gasteiger partial charge in [0.1, 0.15) is 0 Å². The van der Waals surface area contributed by atoms with Gasteiger partial charge in [-0.25, -0.2) is 0 Å². The Bertz CT molecular complexity index is 577. The van der Waals surface area contributed by atoms with Crippen molar-refractivity contribution in [3.8, 4) is 0 Å². The average Bonchev–Trinajstić information content (AvgIpc) is 2.81. The van der Waals surface area contributed by atoms with Crippen molar-refractivity contribution in [3.63, 3.8) is 0 Å². The smallest absolute Gasteiger partial charge is 0.237 e. The molecule has 1 amide bonds. The minimum Gasteiger partial charge on any atom is -0.393 e. The van der Waals surface area contributed by atoms with Crippen LogP contribution in [0.4, 0.5) is 0 Å². The van der Waals surface area contributed by atoms with E-state index in [1.807, 2.05) is 30.5 Å². The zero-order valence-electron chi connectivity index (χ0n) is 11.6. The minimum atomic E-state index is -0.580. The van der Waals surface area contributed by atoms with Gasteiger partial charge in [0.05, 0.1) is 12.1 Å². The number of nitrogens with one attached hydrogen (secondary N) is 2. The van der Waals surface area contributed by atoms with Crippen molar-refractivity contribution in [2.24, 2.45) is 5.73 Å². The van der Waals surface area contributed by atoms with Gasteiger partial charge in [0.2, 0.25) is 5.91 Å². The van der Waals surface area contributed by atoms with E-state index in [4.69, 9.17) is 10.8 Å². The highest BCUT2D eigenvalue weighted by molar-refractivity contribution is 5.86. The lowest BCUT2D eigenvalue weighted by atomic mass is 10.1. The van der Waals surface area contributed by atoms with Crippen molar-refractivity contribution < 1.29 is 9.90 Å². The number of H-pyrrole nitrogens is 1. The second-order valence-corrected chi connectivity index (χ2v) is 5.10. The number of rotatable bonds is 6. The number of aliphatic hydroxyl groups excluding tert-OH is 1. The number of carbonyl (C=O) groups is 1. The standard InChI is InChI=1S/C15H21N3O2/c1-10(19)6-7-17-15(20)13(16)8-11-9-18-14-5-3-2-4-12(11)14/h2-5,9-10,13,18-19H,6-8,16H2,1H3,(H,17,20)/t10?,13-/m0/s1. The molecular weight excluding hydrogens is 254 g/mol. The normalized spacial score (nSPS) is 14.2. The van der Waals surface area contributed by atoms with E-state index < -0.39 is 12.1 Å². The Morgan fingerprint density at radius 2 is 2.20 bits per heavy atom. The molecule has 20 heavy (non-hydrogen) atoms. The van der Waals surface area contributed by atoms with Crippen LogP contribution in [0, 0.1) is 0 Å². The number of amides is 1. The summed E-state index contributed by atoms with van der Waals surface area (Å²) in [5, 5.41) is 13.0. The molecular formula is C15H21N3O2. The third-order valence-corrected chi connectivity index (χ3v) is 3.31. The Hall–Kier alpha value is -1.85. The molecule has 2 aromatic rings. The molecule has 2 atom stereocenters. The second-order valence-electron chi connectivity index (χ2n) is 5.10. The molecule has 0 bridgehead atoms. The molecule has 0 saturated heterocycles. The van der Waals surface area contributed by atoms with Gasteiger partial charge in [-0.05, 0) is 31.4 Å². The van der Waals surface area contributed by atoms with Crippen LogP contribution in [0.2, 0.25) is 0 Å². The molecule has 2 rings (SSSR count). The lowest BCUT2D eigenvalue weighted by Gasteiger charge is -2.12. The molecule has 0 spiro atoms. The number of fused-ring (bicyclic) bond motifs is 1. The molecule has 1 unspecified atom stereocenters. The van der Waals surface area contributed by atoms with Crippen molar-refractivity contribution in [2.45, 2.75) is 31.9 Å². The van der Waals surface area contributed by atoms with E-state index in [-0.39, 0.29) is 5.91 Å². The van der Waals surface area contributed by atoms with Gasteiger partial charge in [0, 0.05) is 23.6 Å². The molecule has 0 saturated carbocycles. The molecule has 108 valence electrons. The number of hydrogen-bond acceptors (Lipinski definition) is 3. The maximum atomic E-state index is 11.9. The Balaban J connectivity index is 1.93. The quantitative estimate of drug-likeness (QED) is 0.632. The first kappa shape index (κ1) is 14.6. The molecule has 0 aliphatic rings. The van der Waals surface area contributed by atoms with E-state index >= 15 is 0 Å². The van der Waals surface area contributed by atoms with Crippen molar-refractivity contribution in [1.82, 2.24) is 10.3 Å². The first-order chi connectivity index (χ1) is 9.58. The summed E-state index contributed by atoms with van der Waals surface area (Å²) in [6.07, 6.45) is 2.50. The Morgan fingerprint density at radius 3 is 2.95 bits per heavy atom. The van der Waals surface area contributed by atoms with Crippen LogP contribution in [0.15, 0.2) is 30.5 Å². The number of aromatic nitrogens is 1. The van der Waals surface area contributed by atoms with E-state index in [2.05, 4.69) is 10.3 Å². The summed E-state index contributed by atoms with van der Waals surface area (Å²) >= 11 is 0. The fraction of sp³-hybridized carbons (Fsp3) is 0.400. The van der Waals surface area contributed by atoms with Crippen LogP contribution in [-0.2, 0) is 11.2 Å². The molecule has 0 radical (unpaired) electrons. The predicted molar refractivity (Wildman–Crippen MR) is 79.3 cm³/mol. The summed E-state index contributed by atoms with van der Waals surface area (Å²) in [5.41, 5.74) is 8.01.